The van der Waals surface area contributed by atoms with Crippen LogP contribution in [0.5, 0.6) is 0 Å². The fourth-order valence-electron chi connectivity index (χ4n) is 6.27. The third kappa shape index (κ3) is 2.94. The summed E-state index contributed by atoms with van der Waals surface area (Å²) >= 11 is 4.07. The number of rotatable bonds is 4. The Hall–Kier alpha value is -0.830. The lowest BCUT2D eigenvalue weighted by molar-refractivity contribution is -0.126. The van der Waals surface area contributed by atoms with Gasteiger partial charge in [-0.3, -0.25) is 4.79 Å². The van der Waals surface area contributed by atoms with Gasteiger partial charge in [-0.05, 0) is 81.8 Å². The molecule has 0 saturated heterocycles. The highest BCUT2D eigenvalue weighted by molar-refractivity contribution is 9.10. The Balaban J connectivity index is 1.57. The summed E-state index contributed by atoms with van der Waals surface area (Å²) in [5, 5.41) is 0. The van der Waals surface area contributed by atoms with E-state index in [2.05, 4.69) is 41.9 Å². The van der Waals surface area contributed by atoms with E-state index in [1.807, 2.05) is 23.1 Å². The van der Waals surface area contributed by atoms with Gasteiger partial charge < -0.3 is 4.90 Å². The van der Waals surface area contributed by atoms with Gasteiger partial charge in [0, 0.05) is 22.5 Å². The average molecular weight is 390 g/mol. The van der Waals surface area contributed by atoms with Crippen LogP contribution in [0.3, 0.4) is 0 Å². The molecule has 2 unspecified atom stereocenters. The molecule has 3 heteroatoms. The third-order valence-corrected chi connectivity index (χ3v) is 7.38. The molecule has 0 N–H and O–H groups in total. The highest BCUT2D eigenvalue weighted by atomic mass is 79.9. The Labute approximate surface area is 154 Å². The van der Waals surface area contributed by atoms with Crippen LogP contribution in [-0.4, -0.2) is 16.3 Å². The maximum absolute atomic E-state index is 13.3. The highest BCUT2D eigenvalue weighted by Crippen LogP contribution is 2.65. The van der Waals surface area contributed by atoms with Crippen LogP contribution in [0.15, 0.2) is 30.3 Å². The van der Waals surface area contributed by atoms with E-state index in [-0.39, 0.29) is 11.5 Å². The Kier molecular flexibility index (Phi) is 4.06. The molecule has 2 atom stereocenters. The van der Waals surface area contributed by atoms with Gasteiger partial charge >= 0.3 is 0 Å². The summed E-state index contributed by atoms with van der Waals surface area (Å²) in [5.74, 6) is 1.99. The van der Waals surface area contributed by atoms with Crippen molar-refractivity contribution in [2.45, 2.75) is 69.2 Å². The normalized spacial score (nSPS) is 37.0. The molecule has 5 rings (SSSR count). The lowest BCUT2D eigenvalue weighted by atomic mass is 9.48. The third-order valence-electron chi connectivity index (χ3n) is 6.46. The molecule has 4 fully saturated rings. The second kappa shape index (κ2) is 5.86. The maximum Gasteiger partial charge on any atom is 0.227 e. The Bertz CT molecular complexity index is 612. The minimum Gasteiger partial charge on any atom is -0.310 e. The lowest BCUT2D eigenvalue weighted by Crippen LogP contribution is -2.54. The fraction of sp³-hybridized carbons (Fsp3) is 0.667. The van der Waals surface area contributed by atoms with Crippen LogP contribution < -0.4 is 4.90 Å². The van der Waals surface area contributed by atoms with Crippen LogP contribution in [0, 0.1) is 17.3 Å². The van der Waals surface area contributed by atoms with Crippen LogP contribution >= 0.6 is 15.9 Å². The SMILES string of the molecule is CC(C)N(C(=O)CC12CC3CC(CC(Br)(C3)C1)C2)c1ccccc1. The largest absolute Gasteiger partial charge is 0.310 e. The van der Waals surface area contributed by atoms with E-state index < -0.39 is 0 Å². The summed E-state index contributed by atoms with van der Waals surface area (Å²) in [4.78, 5) is 15.3. The Morgan fingerprint density at radius 1 is 1.17 bits per heavy atom. The van der Waals surface area contributed by atoms with Crippen molar-refractivity contribution >= 4 is 27.5 Å². The number of benzene rings is 1. The van der Waals surface area contributed by atoms with Gasteiger partial charge in [-0.15, -0.1) is 0 Å². The molecule has 1 amide bonds. The lowest BCUT2D eigenvalue weighted by Gasteiger charge is -2.60. The molecule has 1 aromatic rings. The predicted molar refractivity (Wildman–Crippen MR) is 102 cm³/mol. The Morgan fingerprint density at radius 2 is 1.79 bits per heavy atom. The van der Waals surface area contributed by atoms with E-state index in [1.165, 1.54) is 38.5 Å². The number of alkyl halides is 1. The van der Waals surface area contributed by atoms with Crippen LogP contribution in [0.4, 0.5) is 5.69 Å². The molecule has 0 radical (unpaired) electrons. The molecule has 0 heterocycles. The molecule has 4 bridgehead atoms. The van der Waals surface area contributed by atoms with Gasteiger partial charge in [-0.1, -0.05) is 34.1 Å². The molecular weight excluding hydrogens is 362 g/mol. The highest BCUT2D eigenvalue weighted by Gasteiger charge is 2.57. The molecule has 1 aromatic carbocycles. The van der Waals surface area contributed by atoms with E-state index in [4.69, 9.17) is 0 Å². The summed E-state index contributed by atoms with van der Waals surface area (Å²) in [6.45, 7) is 4.24. The number of carbonyl (C=O) groups is 1. The second-order valence-electron chi connectivity index (χ2n) is 8.98. The number of para-hydroxylation sites is 1. The molecule has 2 nitrogen and oxygen atoms in total. The first-order valence-electron chi connectivity index (χ1n) is 9.44. The summed E-state index contributed by atoms with van der Waals surface area (Å²) in [6.07, 6.45) is 8.50. The van der Waals surface area contributed by atoms with Crippen LogP contribution in [0.25, 0.3) is 0 Å². The smallest absolute Gasteiger partial charge is 0.227 e. The fourth-order valence-corrected chi connectivity index (χ4v) is 7.78. The number of halogens is 1. The zero-order valence-corrected chi connectivity index (χ0v) is 16.4. The Morgan fingerprint density at radius 3 is 2.33 bits per heavy atom. The molecule has 0 spiro atoms. The van der Waals surface area contributed by atoms with Crippen LogP contribution in [0.1, 0.15) is 58.8 Å². The van der Waals surface area contributed by atoms with Crippen molar-refractivity contribution in [3.63, 3.8) is 0 Å². The van der Waals surface area contributed by atoms with Crippen molar-refractivity contribution < 1.29 is 4.79 Å². The molecular formula is C21H28BrNO. The maximum atomic E-state index is 13.3. The minimum atomic E-state index is 0.201. The minimum absolute atomic E-state index is 0.201. The number of hydrogen-bond donors (Lipinski definition) is 0. The van der Waals surface area contributed by atoms with Crippen molar-refractivity contribution in [3.8, 4) is 0 Å². The van der Waals surface area contributed by atoms with E-state index in [9.17, 15) is 4.79 Å². The van der Waals surface area contributed by atoms with Gasteiger partial charge in [-0.2, -0.15) is 0 Å². The summed E-state index contributed by atoms with van der Waals surface area (Å²) in [5.41, 5.74) is 1.28. The molecule has 24 heavy (non-hydrogen) atoms. The van der Waals surface area contributed by atoms with Crippen molar-refractivity contribution in [2.24, 2.45) is 17.3 Å². The number of hydrogen-bond acceptors (Lipinski definition) is 1. The van der Waals surface area contributed by atoms with Gasteiger partial charge in [0.2, 0.25) is 5.91 Å². The molecule has 0 aliphatic heterocycles. The van der Waals surface area contributed by atoms with E-state index in [1.54, 1.807) is 0 Å². The van der Waals surface area contributed by atoms with Crippen LogP contribution in [0.2, 0.25) is 0 Å². The monoisotopic (exact) mass is 389 g/mol. The molecule has 4 aliphatic carbocycles. The first-order valence-corrected chi connectivity index (χ1v) is 10.2. The van der Waals surface area contributed by atoms with E-state index in [0.29, 0.717) is 10.2 Å². The predicted octanol–water partition coefficient (Wildman–Crippen LogP) is 5.55. The number of amides is 1. The molecule has 0 aromatic heterocycles. The summed E-state index contributed by atoms with van der Waals surface area (Å²) in [7, 11) is 0. The van der Waals surface area contributed by atoms with Crippen molar-refractivity contribution in [1.82, 2.24) is 0 Å². The first-order chi connectivity index (χ1) is 11.4. The quantitative estimate of drug-likeness (QED) is 0.617. The van der Waals surface area contributed by atoms with E-state index in [0.717, 1.165) is 23.9 Å². The molecule has 4 saturated carbocycles. The van der Waals surface area contributed by atoms with E-state index >= 15 is 0 Å². The summed E-state index contributed by atoms with van der Waals surface area (Å²) < 4.78 is 0.326. The second-order valence-corrected chi connectivity index (χ2v) is 10.7. The number of carbonyl (C=O) groups excluding carboxylic acids is 1. The number of anilines is 1. The van der Waals surface area contributed by atoms with Crippen molar-refractivity contribution in [1.29, 1.82) is 0 Å². The standard InChI is InChI=1S/C21H28BrNO/c1-15(2)23(18-6-4-3-5-7-18)19(24)13-20-9-16-8-17(10-20)12-21(22,11-16)14-20/h3-7,15-17H,8-14H2,1-2H3. The zero-order valence-electron chi connectivity index (χ0n) is 14.8. The van der Waals surface area contributed by atoms with Crippen molar-refractivity contribution in [3.05, 3.63) is 30.3 Å². The topological polar surface area (TPSA) is 20.3 Å². The average Bonchev–Trinajstić information content (AvgIpc) is 2.44. The number of nitrogens with zero attached hydrogens (tertiary/aromatic N) is 1. The zero-order chi connectivity index (χ0) is 16.9. The molecule has 4 aliphatic rings. The first kappa shape index (κ1) is 16.6. The van der Waals surface area contributed by atoms with Crippen molar-refractivity contribution in [2.75, 3.05) is 4.90 Å². The van der Waals surface area contributed by atoms with Gasteiger partial charge in [0.15, 0.2) is 0 Å². The summed E-state index contributed by atoms with van der Waals surface area (Å²) in [6, 6.07) is 10.4. The van der Waals surface area contributed by atoms with Crippen LogP contribution in [-0.2, 0) is 4.79 Å². The van der Waals surface area contributed by atoms with Gasteiger partial charge in [0.25, 0.3) is 0 Å². The van der Waals surface area contributed by atoms with Gasteiger partial charge in [0.05, 0.1) is 0 Å². The van der Waals surface area contributed by atoms with Gasteiger partial charge in [-0.25, -0.2) is 0 Å². The van der Waals surface area contributed by atoms with Gasteiger partial charge in [0.1, 0.15) is 0 Å². The molecule has 130 valence electrons.